The van der Waals surface area contributed by atoms with Gasteiger partial charge in [0.05, 0.1) is 14.2 Å². The molecule has 0 aromatic heterocycles. The van der Waals surface area contributed by atoms with Gasteiger partial charge in [-0.2, -0.15) is 0 Å². The van der Waals surface area contributed by atoms with Crippen molar-refractivity contribution >= 4 is 28.6 Å². The van der Waals surface area contributed by atoms with Crippen LogP contribution in [-0.2, 0) is 16.0 Å². The molecule has 0 aliphatic heterocycles. The fourth-order valence-corrected chi connectivity index (χ4v) is 1.73. The highest BCUT2D eigenvalue weighted by Gasteiger charge is 2.06. The number of ether oxygens (including phenoxy) is 2. The first kappa shape index (κ1) is 12.3. The van der Waals surface area contributed by atoms with Crippen LogP contribution in [0, 0.1) is 3.57 Å². The van der Waals surface area contributed by atoms with E-state index in [9.17, 15) is 4.79 Å². The Labute approximate surface area is 103 Å². The number of rotatable bonds is 4. The van der Waals surface area contributed by atoms with Crippen molar-refractivity contribution in [1.82, 2.24) is 0 Å². The van der Waals surface area contributed by atoms with Crippen LogP contribution >= 0.6 is 22.6 Å². The summed E-state index contributed by atoms with van der Waals surface area (Å²) in [5.41, 5.74) is 1.03. The monoisotopic (exact) mass is 320 g/mol. The number of hydrogen-bond acceptors (Lipinski definition) is 3. The lowest BCUT2D eigenvalue weighted by atomic mass is 10.1. The average Bonchev–Trinajstić information content (AvgIpc) is 2.26. The molecule has 1 aromatic carbocycles. The van der Waals surface area contributed by atoms with Crippen molar-refractivity contribution in [3.05, 3.63) is 27.3 Å². The second-order valence-electron chi connectivity index (χ2n) is 3.03. The summed E-state index contributed by atoms with van der Waals surface area (Å²) in [4.78, 5) is 11.0. The van der Waals surface area contributed by atoms with E-state index in [0.29, 0.717) is 12.8 Å². The van der Waals surface area contributed by atoms with Crippen LogP contribution in [0.3, 0.4) is 0 Å². The van der Waals surface area contributed by atoms with Crippen LogP contribution in [0.2, 0.25) is 0 Å². The number of carbonyl (C=O) groups excluding carboxylic acids is 1. The fourth-order valence-electron chi connectivity index (χ4n) is 1.26. The van der Waals surface area contributed by atoms with E-state index in [4.69, 9.17) is 4.74 Å². The van der Waals surface area contributed by atoms with Gasteiger partial charge in [-0.3, -0.25) is 4.79 Å². The minimum atomic E-state index is -0.199. The molecule has 15 heavy (non-hydrogen) atoms. The average molecular weight is 320 g/mol. The molecule has 0 N–H and O–H groups in total. The molecule has 0 radical (unpaired) electrons. The van der Waals surface area contributed by atoms with Gasteiger partial charge in [0.25, 0.3) is 0 Å². The Hall–Kier alpha value is -0.780. The summed E-state index contributed by atoms with van der Waals surface area (Å²) < 4.78 is 10.9. The molecule has 0 amide bonds. The molecule has 0 atom stereocenters. The zero-order valence-electron chi connectivity index (χ0n) is 8.75. The van der Waals surface area contributed by atoms with Crippen LogP contribution in [0.25, 0.3) is 0 Å². The molecule has 0 fully saturated rings. The highest BCUT2D eigenvalue weighted by molar-refractivity contribution is 14.1. The lowest BCUT2D eigenvalue weighted by molar-refractivity contribution is -0.140. The minimum Gasteiger partial charge on any atom is -0.496 e. The Kier molecular flexibility index (Phi) is 4.87. The number of hydrogen-bond donors (Lipinski definition) is 0. The number of esters is 1. The van der Waals surface area contributed by atoms with Crippen LogP contribution in [0.5, 0.6) is 5.75 Å². The largest absolute Gasteiger partial charge is 0.496 e. The van der Waals surface area contributed by atoms with E-state index in [0.717, 1.165) is 14.9 Å². The van der Waals surface area contributed by atoms with Gasteiger partial charge in [0.2, 0.25) is 0 Å². The maximum absolute atomic E-state index is 11.0. The van der Waals surface area contributed by atoms with E-state index in [-0.39, 0.29) is 5.97 Å². The predicted octanol–water partition coefficient (Wildman–Crippen LogP) is 2.41. The number of methoxy groups -OCH3 is 2. The smallest absolute Gasteiger partial charge is 0.305 e. The molecule has 0 heterocycles. The SMILES string of the molecule is COC(=O)CCc1ccc(I)cc1OC. The molecule has 0 aliphatic carbocycles. The van der Waals surface area contributed by atoms with Gasteiger partial charge in [-0.1, -0.05) is 6.07 Å². The van der Waals surface area contributed by atoms with Gasteiger partial charge in [-0.25, -0.2) is 0 Å². The normalized spacial score (nSPS) is 9.80. The van der Waals surface area contributed by atoms with Crippen LogP contribution in [-0.4, -0.2) is 20.2 Å². The van der Waals surface area contributed by atoms with E-state index in [1.807, 2.05) is 18.2 Å². The second-order valence-corrected chi connectivity index (χ2v) is 4.28. The Bertz CT molecular complexity index is 350. The first-order valence-corrected chi connectivity index (χ1v) is 5.64. The third kappa shape index (κ3) is 3.70. The Morgan fingerprint density at radius 2 is 2.13 bits per heavy atom. The maximum Gasteiger partial charge on any atom is 0.305 e. The Balaban J connectivity index is 2.72. The van der Waals surface area contributed by atoms with Crippen molar-refractivity contribution in [2.24, 2.45) is 0 Å². The summed E-state index contributed by atoms with van der Waals surface area (Å²) in [5, 5.41) is 0. The number of halogens is 1. The van der Waals surface area contributed by atoms with Gasteiger partial charge in [-0.15, -0.1) is 0 Å². The molecule has 0 aliphatic rings. The van der Waals surface area contributed by atoms with Gasteiger partial charge < -0.3 is 9.47 Å². The first-order chi connectivity index (χ1) is 7.17. The van der Waals surface area contributed by atoms with Crippen molar-refractivity contribution < 1.29 is 14.3 Å². The maximum atomic E-state index is 11.0. The molecule has 0 unspecified atom stereocenters. The number of aryl methyl sites for hydroxylation is 1. The van der Waals surface area contributed by atoms with Crippen LogP contribution in [0.4, 0.5) is 0 Å². The Morgan fingerprint density at radius 1 is 1.40 bits per heavy atom. The molecule has 0 spiro atoms. The molecule has 1 aromatic rings. The predicted molar refractivity (Wildman–Crippen MR) is 66.0 cm³/mol. The number of benzene rings is 1. The molecule has 4 heteroatoms. The van der Waals surface area contributed by atoms with E-state index >= 15 is 0 Å². The van der Waals surface area contributed by atoms with E-state index < -0.39 is 0 Å². The second kappa shape index (κ2) is 5.95. The summed E-state index contributed by atoms with van der Waals surface area (Å²) >= 11 is 2.22. The molecule has 1 rings (SSSR count). The van der Waals surface area contributed by atoms with Crippen LogP contribution in [0.1, 0.15) is 12.0 Å². The van der Waals surface area contributed by atoms with E-state index in [1.54, 1.807) is 7.11 Å². The summed E-state index contributed by atoms with van der Waals surface area (Å²) in [6.45, 7) is 0. The zero-order valence-corrected chi connectivity index (χ0v) is 10.9. The van der Waals surface area contributed by atoms with Gasteiger partial charge in [0, 0.05) is 9.99 Å². The number of carbonyl (C=O) groups is 1. The summed E-state index contributed by atoms with van der Waals surface area (Å²) in [5.74, 6) is 0.626. The van der Waals surface area contributed by atoms with E-state index in [1.165, 1.54) is 7.11 Å². The van der Waals surface area contributed by atoms with Gasteiger partial charge in [0.15, 0.2) is 0 Å². The molecular weight excluding hydrogens is 307 g/mol. The third-order valence-corrected chi connectivity index (χ3v) is 2.75. The van der Waals surface area contributed by atoms with Crippen molar-refractivity contribution in [1.29, 1.82) is 0 Å². The van der Waals surface area contributed by atoms with Crippen LogP contribution < -0.4 is 4.74 Å². The third-order valence-electron chi connectivity index (χ3n) is 2.08. The molecule has 3 nitrogen and oxygen atoms in total. The van der Waals surface area contributed by atoms with Crippen molar-refractivity contribution in [3.8, 4) is 5.75 Å². The van der Waals surface area contributed by atoms with Crippen LogP contribution in [0.15, 0.2) is 18.2 Å². The molecule has 0 bridgehead atoms. The quantitative estimate of drug-likeness (QED) is 0.631. The summed E-state index contributed by atoms with van der Waals surface area (Å²) in [6.07, 6.45) is 1.03. The zero-order chi connectivity index (χ0) is 11.3. The topological polar surface area (TPSA) is 35.5 Å². The Morgan fingerprint density at radius 3 is 2.73 bits per heavy atom. The van der Waals surface area contributed by atoms with Gasteiger partial charge >= 0.3 is 5.97 Å². The van der Waals surface area contributed by atoms with Crippen molar-refractivity contribution in [2.45, 2.75) is 12.8 Å². The lowest BCUT2D eigenvalue weighted by Crippen LogP contribution is -2.03. The molecular formula is C11H13IO3. The first-order valence-electron chi connectivity index (χ1n) is 4.56. The lowest BCUT2D eigenvalue weighted by Gasteiger charge is -2.08. The van der Waals surface area contributed by atoms with Crippen molar-refractivity contribution in [3.63, 3.8) is 0 Å². The summed E-state index contributed by atoms with van der Waals surface area (Å²) in [7, 11) is 3.03. The van der Waals surface area contributed by atoms with E-state index in [2.05, 4.69) is 27.3 Å². The standard InChI is InChI=1S/C11H13IO3/c1-14-10-7-9(12)5-3-8(10)4-6-11(13)15-2/h3,5,7H,4,6H2,1-2H3. The molecule has 0 saturated carbocycles. The highest BCUT2D eigenvalue weighted by Crippen LogP contribution is 2.22. The fraction of sp³-hybridized carbons (Fsp3) is 0.364. The molecule has 82 valence electrons. The molecule has 0 saturated heterocycles. The minimum absolute atomic E-state index is 0.199. The highest BCUT2D eigenvalue weighted by atomic mass is 127. The van der Waals surface area contributed by atoms with Gasteiger partial charge in [-0.05, 0) is 46.7 Å². The van der Waals surface area contributed by atoms with Gasteiger partial charge in [0.1, 0.15) is 5.75 Å². The summed E-state index contributed by atoms with van der Waals surface area (Å²) in [6, 6.07) is 5.92. The van der Waals surface area contributed by atoms with Crippen molar-refractivity contribution in [2.75, 3.05) is 14.2 Å².